The van der Waals surface area contributed by atoms with Gasteiger partial charge in [0.25, 0.3) is 0 Å². The van der Waals surface area contributed by atoms with E-state index >= 15 is 0 Å². The average Bonchev–Trinajstić information content (AvgIpc) is 2.14. The van der Waals surface area contributed by atoms with Gasteiger partial charge >= 0.3 is 0 Å². The molecule has 0 aliphatic rings. The maximum absolute atomic E-state index is 2.40. The second kappa shape index (κ2) is 6.27. The van der Waals surface area contributed by atoms with Crippen LogP contribution in [-0.4, -0.2) is 0 Å². The molecule has 0 aliphatic carbocycles. The highest BCUT2D eigenvalue weighted by Crippen LogP contribution is 2.31. The Labute approximate surface area is 90.8 Å². The Hall–Kier alpha value is -0.260. The van der Waals surface area contributed by atoms with Crippen LogP contribution >= 0.6 is 0 Å². The Morgan fingerprint density at radius 3 is 1.57 bits per heavy atom. The molecule has 0 radical (unpaired) electrons. The van der Waals surface area contributed by atoms with Gasteiger partial charge < -0.3 is 0 Å². The van der Waals surface area contributed by atoms with Crippen LogP contribution in [0.5, 0.6) is 0 Å². The van der Waals surface area contributed by atoms with Crippen molar-refractivity contribution in [2.45, 2.75) is 48.5 Å². The third-order valence-electron chi connectivity index (χ3n) is 4.04. The SMILES string of the molecule is CC=CC(C)C(C)C(C)C(C)C(C)C. The van der Waals surface area contributed by atoms with Crippen LogP contribution in [0.1, 0.15) is 48.5 Å². The van der Waals surface area contributed by atoms with E-state index in [0.717, 1.165) is 23.7 Å². The molecule has 0 heterocycles. The molecule has 0 amide bonds. The quantitative estimate of drug-likeness (QED) is 0.556. The van der Waals surface area contributed by atoms with Gasteiger partial charge in [-0.25, -0.2) is 0 Å². The molecule has 0 spiro atoms. The number of hydrogen-bond donors (Lipinski definition) is 0. The summed E-state index contributed by atoms with van der Waals surface area (Å²) < 4.78 is 0. The summed E-state index contributed by atoms with van der Waals surface area (Å²) in [5.74, 6) is 3.91. The molecule has 0 fully saturated rings. The topological polar surface area (TPSA) is 0 Å². The van der Waals surface area contributed by atoms with Gasteiger partial charge in [0, 0.05) is 0 Å². The summed E-state index contributed by atoms with van der Waals surface area (Å²) in [6, 6.07) is 0. The van der Waals surface area contributed by atoms with E-state index in [-0.39, 0.29) is 0 Å². The molecule has 4 unspecified atom stereocenters. The maximum Gasteiger partial charge on any atom is -0.0234 e. The highest BCUT2D eigenvalue weighted by Gasteiger charge is 2.23. The van der Waals surface area contributed by atoms with Gasteiger partial charge in [-0.15, -0.1) is 0 Å². The molecule has 0 nitrogen and oxygen atoms in total. The molecular formula is C14H28. The highest BCUT2D eigenvalue weighted by atomic mass is 14.3. The van der Waals surface area contributed by atoms with Crippen LogP contribution in [0.3, 0.4) is 0 Å². The first-order valence-corrected chi connectivity index (χ1v) is 6.04. The lowest BCUT2D eigenvalue weighted by Gasteiger charge is -2.31. The molecule has 0 aromatic heterocycles. The van der Waals surface area contributed by atoms with Crippen molar-refractivity contribution in [1.29, 1.82) is 0 Å². The van der Waals surface area contributed by atoms with Crippen molar-refractivity contribution >= 4 is 0 Å². The van der Waals surface area contributed by atoms with Gasteiger partial charge in [-0.1, -0.05) is 53.7 Å². The van der Waals surface area contributed by atoms with Gasteiger partial charge in [-0.2, -0.15) is 0 Å². The van der Waals surface area contributed by atoms with Crippen molar-refractivity contribution in [2.24, 2.45) is 29.6 Å². The number of hydrogen-bond acceptors (Lipinski definition) is 0. The van der Waals surface area contributed by atoms with Gasteiger partial charge in [0.15, 0.2) is 0 Å². The summed E-state index contributed by atoms with van der Waals surface area (Å²) >= 11 is 0. The number of allylic oxidation sites excluding steroid dienone is 2. The van der Waals surface area contributed by atoms with E-state index in [2.05, 4.69) is 60.6 Å². The number of rotatable bonds is 5. The molecule has 0 rings (SSSR count). The fourth-order valence-corrected chi connectivity index (χ4v) is 2.04. The zero-order chi connectivity index (χ0) is 11.3. The van der Waals surface area contributed by atoms with Crippen molar-refractivity contribution in [3.8, 4) is 0 Å². The van der Waals surface area contributed by atoms with E-state index in [1.807, 2.05) is 0 Å². The predicted octanol–water partition coefficient (Wildman–Crippen LogP) is 4.76. The van der Waals surface area contributed by atoms with Crippen LogP contribution < -0.4 is 0 Å². The van der Waals surface area contributed by atoms with E-state index in [1.54, 1.807) is 0 Å². The van der Waals surface area contributed by atoms with E-state index < -0.39 is 0 Å². The minimum atomic E-state index is 0.705. The third kappa shape index (κ3) is 3.86. The van der Waals surface area contributed by atoms with Crippen LogP contribution in [0.2, 0.25) is 0 Å². The normalized spacial score (nSPS) is 21.1. The Morgan fingerprint density at radius 2 is 1.21 bits per heavy atom. The average molecular weight is 196 g/mol. The minimum absolute atomic E-state index is 0.705. The van der Waals surface area contributed by atoms with Crippen LogP contribution in [0.25, 0.3) is 0 Å². The Bertz CT molecular complexity index is 167. The molecule has 14 heavy (non-hydrogen) atoms. The van der Waals surface area contributed by atoms with Crippen molar-refractivity contribution in [1.82, 2.24) is 0 Å². The van der Waals surface area contributed by atoms with Crippen LogP contribution in [0, 0.1) is 29.6 Å². The summed E-state index contributed by atoms with van der Waals surface area (Å²) in [5.41, 5.74) is 0. The van der Waals surface area contributed by atoms with E-state index in [9.17, 15) is 0 Å². The molecule has 0 heteroatoms. The molecule has 0 aromatic carbocycles. The fraction of sp³-hybridized carbons (Fsp3) is 0.857. The lowest BCUT2D eigenvalue weighted by Crippen LogP contribution is -2.24. The zero-order valence-corrected chi connectivity index (χ0v) is 11.0. The molecule has 84 valence electrons. The van der Waals surface area contributed by atoms with Crippen LogP contribution in [-0.2, 0) is 0 Å². The predicted molar refractivity (Wildman–Crippen MR) is 66.3 cm³/mol. The van der Waals surface area contributed by atoms with E-state index in [1.165, 1.54) is 0 Å². The Kier molecular flexibility index (Phi) is 6.15. The van der Waals surface area contributed by atoms with Gasteiger partial charge in [0.1, 0.15) is 0 Å². The molecule has 0 saturated heterocycles. The lowest BCUT2D eigenvalue weighted by molar-refractivity contribution is 0.194. The van der Waals surface area contributed by atoms with Gasteiger partial charge in [0.05, 0.1) is 0 Å². The lowest BCUT2D eigenvalue weighted by atomic mass is 9.74. The summed E-state index contributed by atoms with van der Waals surface area (Å²) in [6.07, 6.45) is 4.50. The largest absolute Gasteiger partial charge is 0.0914 e. The summed E-state index contributed by atoms with van der Waals surface area (Å²) in [5, 5.41) is 0. The van der Waals surface area contributed by atoms with Gasteiger partial charge in [0.2, 0.25) is 0 Å². The Balaban J connectivity index is 4.30. The minimum Gasteiger partial charge on any atom is -0.0914 e. The molecule has 0 saturated carbocycles. The monoisotopic (exact) mass is 196 g/mol. The van der Waals surface area contributed by atoms with Crippen molar-refractivity contribution in [2.75, 3.05) is 0 Å². The molecule has 0 N–H and O–H groups in total. The molecular weight excluding hydrogens is 168 g/mol. The zero-order valence-electron chi connectivity index (χ0n) is 11.0. The Morgan fingerprint density at radius 1 is 0.714 bits per heavy atom. The molecule has 0 bridgehead atoms. The molecule has 0 aromatic rings. The third-order valence-corrected chi connectivity index (χ3v) is 4.04. The summed E-state index contributed by atoms with van der Waals surface area (Å²) in [6.45, 7) is 16.3. The first kappa shape index (κ1) is 13.7. The van der Waals surface area contributed by atoms with Crippen molar-refractivity contribution < 1.29 is 0 Å². The second-order valence-corrected chi connectivity index (χ2v) is 5.21. The fourth-order valence-electron chi connectivity index (χ4n) is 2.04. The van der Waals surface area contributed by atoms with E-state index in [4.69, 9.17) is 0 Å². The summed E-state index contributed by atoms with van der Waals surface area (Å²) in [7, 11) is 0. The second-order valence-electron chi connectivity index (χ2n) is 5.21. The summed E-state index contributed by atoms with van der Waals surface area (Å²) in [4.78, 5) is 0. The van der Waals surface area contributed by atoms with Gasteiger partial charge in [-0.05, 0) is 36.5 Å². The molecule has 4 atom stereocenters. The first-order chi connectivity index (χ1) is 6.41. The van der Waals surface area contributed by atoms with E-state index in [0.29, 0.717) is 5.92 Å². The van der Waals surface area contributed by atoms with Gasteiger partial charge in [-0.3, -0.25) is 0 Å². The smallest absolute Gasteiger partial charge is 0.0234 e. The highest BCUT2D eigenvalue weighted by molar-refractivity contribution is 4.88. The van der Waals surface area contributed by atoms with Crippen molar-refractivity contribution in [3.05, 3.63) is 12.2 Å². The molecule has 0 aliphatic heterocycles. The van der Waals surface area contributed by atoms with Crippen LogP contribution in [0.15, 0.2) is 12.2 Å². The first-order valence-electron chi connectivity index (χ1n) is 6.04. The maximum atomic E-state index is 2.40. The van der Waals surface area contributed by atoms with Crippen molar-refractivity contribution in [3.63, 3.8) is 0 Å². The standard InChI is InChI=1S/C14H28/c1-8-9-11(4)13(6)14(7)12(5)10(2)3/h8-14H,1-7H3. The van der Waals surface area contributed by atoms with Crippen LogP contribution in [0.4, 0.5) is 0 Å².